The van der Waals surface area contributed by atoms with Gasteiger partial charge in [-0.2, -0.15) is 0 Å². The summed E-state index contributed by atoms with van der Waals surface area (Å²) >= 11 is 0. The van der Waals surface area contributed by atoms with Gasteiger partial charge in [0.2, 0.25) is 0 Å². The lowest BCUT2D eigenvalue weighted by molar-refractivity contribution is -0.000352. The van der Waals surface area contributed by atoms with Crippen molar-refractivity contribution in [2.75, 3.05) is 39.3 Å². The normalized spacial score (nSPS) is 21.3. The van der Waals surface area contributed by atoms with Crippen LogP contribution < -0.4 is 5.32 Å². The van der Waals surface area contributed by atoms with Crippen molar-refractivity contribution < 1.29 is 4.74 Å². The highest BCUT2D eigenvalue weighted by molar-refractivity contribution is 4.73. The van der Waals surface area contributed by atoms with Gasteiger partial charge in [-0.05, 0) is 58.3 Å². The van der Waals surface area contributed by atoms with Crippen LogP contribution in [0.3, 0.4) is 0 Å². The first kappa shape index (κ1) is 15.9. The average Bonchev–Trinajstić information content (AvgIpc) is 2.41. The minimum Gasteiger partial charge on any atom is -0.377 e. The first-order valence-corrected chi connectivity index (χ1v) is 7.91. The molecule has 1 saturated heterocycles. The molecule has 3 heteroatoms. The summed E-state index contributed by atoms with van der Waals surface area (Å²) < 4.78 is 5.87. The molecule has 1 aliphatic heterocycles. The minimum atomic E-state index is 0.500. The Hall–Kier alpha value is -0.120. The Kier molecular flexibility index (Phi) is 9.54. The molecule has 1 fully saturated rings. The van der Waals surface area contributed by atoms with Crippen molar-refractivity contribution in [3.8, 4) is 0 Å². The summed E-state index contributed by atoms with van der Waals surface area (Å²) in [6, 6.07) is 0. The van der Waals surface area contributed by atoms with Gasteiger partial charge in [-0.15, -0.1) is 0 Å². The van der Waals surface area contributed by atoms with Crippen LogP contribution in [-0.4, -0.2) is 50.3 Å². The quantitative estimate of drug-likeness (QED) is 0.608. The van der Waals surface area contributed by atoms with E-state index in [9.17, 15) is 0 Å². The van der Waals surface area contributed by atoms with E-state index in [1.54, 1.807) is 0 Å². The van der Waals surface area contributed by atoms with Crippen LogP contribution in [0, 0.1) is 0 Å². The molecule has 1 aliphatic rings. The molecular formula is C15H32N2O. The van der Waals surface area contributed by atoms with Gasteiger partial charge in [0.25, 0.3) is 0 Å². The lowest BCUT2D eigenvalue weighted by Crippen LogP contribution is -2.40. The molecule has 1 N–H and O–H groups in total. The highest BCUT2D eigenvalue weighted by Gasteiger charge is 2.19. The Morgan fingerprint density at radius 3 is 2.89 bits per heavy atom. The molecule has 1 rings (SSSR count). The molecule has 0 saturated carbocycles. The standard InChI is InChI=1S/C15H32N2O/c1-3-13-18-15-9-8-12-17(14-15)11-7-5-6-10-16-4-2/h15-16H,3-14H2,1-2H3. The van der Waals surface area contributed by atoms with Crippen molar-refractivity contribution in [3.63, 3.8) is 0 Å². The predicted molar refractivity (Wildman–Crippen MR) is 78.1 cm³/mol. The number of hydrogen-bond donors (Lipinski definition) is 1. The number of nitrogens with zero attached hydrogens (tertiary/aromatic N) is 1. The third-order valence-corrected chi connectivity index (χ3v) is 3.60. The van der Waals surface area contributed by atoms with E-state index in [1.807, 2.05) is 0 Å². The highest BCUT2D eigenvalue weighted by atomic mass is 16.5. The van der Waals surface area contributed by atoms with Gasteiger partial charge in [-0.3, -0.25) is 0 Å². The summed E-state index contributed by atoms with van der Waals surface area (Å²) in [6.45, 7) is 11.3. The summed E-state index contributed by atoms with van der Waals surface area (Å²) in [5, 5.41) is 3.38. The Morgan fingerprint density at radius 1 is 1.22 bits per heavy atom. The second-order valence-corrected chi connectivity index (χ2v) is 5.35. The van der Waals surface area contributed by atoms with E-state index >= 15 is 0 Å². The number of piperidine rings is 1. The van der Waals surface area contributed by atoms with E-state index < -0.39 is 0 Å². The second kappa shape index (κ2) is 10.8. The molecule has 1 atom stereocenters. The van der Waals surface area contributed by atoms with Crippen LogP contribution in [0.1, 0.15) is 52.4 Å². The fourth-order valence-corrected chi connectivity index (χ4v) is 2.58. The van der Waals surface area contributed by atoms with E-state index in [4.69, 9.17) is 4.74 Å². The fraction of sp³-hybridized carbons (Fsp3) is 1.00. The van der Waals surface area contributed by atoms with Crippen LogP contribution in [0.4, 0.5) is 0 Å². The molecule has 0 amide bonds. The van der Waals surface area contributed by atoms with Crippen molar-refractivity contribution in [1.29, 1.82) is 0 Å². The van der Waals surface area contributed by atoms with Gasteiger partial charge in [0.05, 0.1) is 6.10 Å². The van der Waals surface area contributed by atoms with Gasteiger partial charge in [0.1, 0.15) is 0 Å². The maximum atomic E-state index is 5.87. The monoisotopic (exact) mass is 256 g/mol. The first-order chi connectivity index (χ1) is 8.86. The Balaban J connectivity index is 2.00. The summed E-state index contributed by atoms with van der Waals surface area (Å²) in [4.78, 5) is 2.59. The molecule has 1 heterocycles. The van der Waals surface area contributed by atoms with E-state index in [0.29, 0.717) is 6.10 Å². The van der Waals surface area contributed by atoms with Crippen LogP contribution in [0.25, 0.3) is 0 Å². The molecule has 0 radical (unpaired) electrons. The lowest BCUT2D eigenvalue weighted by atomic mass is 10.1. The van der Waals surface area contributed by atoms with Gasteiger partial charge in [-0.1, -0.05) is 20.3 Å². The average molecular weight is 256 g/mol. The third-order valence-electron chi connectivity index (χ3n) is 3.60. The first-order valence-electron chi connectivity index (χ1n) is 7.91. The zero-order valence-electron chi connectivity index (χ0n) is 12.4. The minimum absolute atomic E-state index is 0.500. The van der Waals surface area contributed by atoms with Crippen molar-refractivity contribution in [3.05, 3.63) is 0 Å². The maximum absolute atomic E-state index is 5.87. The highest BCUT2D eigenvalue weighted by Crippen LogP contribution is 2.14. The molecule has 0 spiro atoms. The molecule has 0 aromatic heterocycles. The van der Waals surface area contributed by atoms with Gasteiger partial charge in [0.15, 0.2) is 0 Å². The fourth-order valence-electron chi connectivity index (χ4n) is 2.58. The smallest absolute Gasteiger partial charge is 0.0702 e. The second-order valence-electron chi connectivity index (χ2n) is 5.35. The number of rotatable bonds is 10. The molecule has 3 nitrogen and oxygen atoms in total. The predicted octanol–water partition coefficient (Wildman–Crippen LogP) is 2.66. The van der Waals surface area contributed by atoms with Crippen molar-refractivity contribution in [2.24, 2.45) is 0 Å². The van der Waals surface area contributed by atoms with E-state index in [1.165, 1.54) is 51.7 Å². The summed E-state index contributed by atoms with van der Waals surface area (Å²) in [5.41, 5.74) is 0. The van der Waals surface area contributed by atoms with Crippen LogP contribution in [0.2, 0.25) is 0 Å². The summed E-state index contributed by atoms with van der Waals surface area (Å²) in [5.74, 6) is 0. The Bertz CT molecular complexity index is 187. The molecule has 108 valence electrons. The molecule has 0 bridgehead atoms. The molecule has 1 unspecified atom stereocenters. The van der Waals surface area contributed by atoms with Crippen molar-refractivity contribution >= 4 is 0 Å². The van der Waals surface area contributed by atoms with Crippen molar-refractivity contribution in [2.45, 2.75) is 58.5 Å². The largest absolute Gasteiger partial charge is 0.377 e. The van der Waals surface area contributed by atoms with Gasteiger partial charge >= 0.3 is 0 Å². The van der Waals surface area contributed by atoms with Gasteiger partial charge in [0, 0.05) is 13.2 Å². The van der Waals surface area contributed by atoms with Crippen LogP contribution in [-0.2, 0) is 4.74 Å². The molecular weight excluding hydrogens is 224 g/mol. The van der Waals surface area contributed by atoms with Crippen LogP contribution in [0.15, 0.2) is 0 Å². The molecule has 18 heavy (non-hydrogen) atoms. The van der Waals surface area contributed by atoms with Crippen LogP contribution in [0.5, 0.6) is 0 Å². The maximum Gasteiger partial charge on any atom is 0.0702 e. The van der Waals surface area contributed by atoms with Crippen LogP contribution >= 0.6 is 0 Å². The van der Waals surface area contributed by atoms with Gasteiger partial charge < -0.3 is 15.0 Å². The topological polar surface area (TPSA) is 24.5 Å². The van der Waals surface area contributed by atoms with E-state index in [-0.39, 0.29) is 0 Å². The molecule has 0 aromatic rings. The summed E-state index contributed by atoms with van der Waals surface area (Å²) in [7, 11) is 0. The Labute approximate surface area is 113 Å². The summed E-state index contributed by atoms with van der Waals surface area (Å²) in [6.07, 6.45) is 8.22. The number of nitrogens with one attached hydrogen (secondary N) is 1. The zero-order chi connectivity index (χ0) is 13.1. The van der Waals surface area contributed by atoms with Crippen molar-refractivity contribution in [1.82, 2.24) is 10.2 Å². The zero-order valence-corrected chi connectivity index (χ0v) is 12.4. The molecule has 0 aliphatic carbocycles. The Morgan fingerprint density at radius 2 is 2.11 bits per heavy atom. The number of likely N-dealkylation sites (tertiary alicyclic amines) is 1. The van der Waals surface area contributed by atoms with E-state index in [0.717, 1.165) is 26.1 Å². The lowest BCUT2D eigenvalue weighted by Gasteiger charge is -2.32. The van der Waals surface area contributed by atoms with Gasteiger partial charge in [-0.25, -0.2) is 0 Å². The SMILES string of the molecule is CCCOC1CCCN(CCCCCNCC)C1. The molecule has 0 aromatic carbocycles. The van der Waals surface area contributed by atoms with E-state index in [2.05, 4.69) is 24.1 Å². The number of ether oxygens (including phenoxy) is 1. The third kappa shape index (κ3) is 7.34. The number of hydrogen-bond acceptors (Lipinski definition) is 3. The number of unbranched alkanes of at least 4 members (excludes halogenated alkanes) is 2.